The molecule has 0 spiro atoms. The standard InChI is InChI=1S/C24H25ClN2O3S/c1-17-8-10-19(11-9-17)18(2)26-24(28)20-12-14-22(15-13-20)27(31(3,29)30)16-21-6-4-5-7-23(21)25/h4-15,18H,16H2,1-3H3,(H,26,28)/t18-/m1/s1. The number of nitrogens with zero attached hydrogens (tertiary/aromatic N) is 1. The van der Waals surface area contributed by atoms with Crippen LogP contribution in [-0.2, 0) is 16.6 Å². The molecule has 3 rings (SSSR count). The number of amides is 1. The van der Waals surface area contributed by atoms with Crippen LogP contribution >= 0.6 is 11.6 Å². The van der Waals surface area contributed by atoms with Crippen molar-refractivity contribution in [3.05, 3.63) is 100 Å². The summed E-state index contributed by atoms with van der Waals surface area (Å²) in [5, 5.41) is 3.47. The monoisotopic (exact) mass is 456 g/mol. The molecule has 0 saturated heterocycles. The molecule has 1 amide bonds. The van der Waals surface area contributed by atoms with Crippen LogP contribution in [0.4, 0.5) is 5.69 Å². The zero-order chi connectivity index (χ0) is 22.6. The number of anilines is 1. The van der Waals surface area contributed by atoms with E-state index in [-0.39, 0.29) is 18.5 Å². The van der Waals surface area contributed by atoms with Gasteiger partial charge in [0, 0.05) is 10.6 Å². The van der Waals surface area contributed by atoms with Crippen LogP contribution < -0.4 is 9.62 Å². The third-order valence-electron chi connectivity index (χ3n) is 5.01. The Morgan fingerprint density at radius 1 is 1.00 bits per heavy atom. The van der Waals surface area contributed by atoms with Gasteiger partial charge in [-0.25, -0.2) is 8.42 Å². The molecule has 0 saturated carbocycles. The molecule has 0 unspecified atom stereocenters. The summed E-state index contributed by atoms with van der Waals surface area (Å²) in [7, 11) is -3.55. The van der Waals surface area contributed by atoms with Gasteiger partial charge in [-0.3, -0.25) is 9.10 Å². The fourth-order valence-corrected chi connectivity index (χ4v) is 4.25. The molecule has 3 aromatic rings. The Labute approximate surface area is 188 Å². The highest BCUT2D eigenvalue weighted by Gasteiger charge is 2.20. The molecule has 5 nitrogen and oxygen atoms in total. The number of nitrogens with one attached hydrogen (secondary N) is 1. The van der Waals surface area contributed by atoms with E-state index in [0.29, 0.717) is 21.8 Å². The molecular weight excluding hydrogens is 432 g/mol. The van der Waals surface area contributed by atoms with E-state index in [1.165, 1.54) is 4.31 Å². The van der Waals surface area contributed by atoms with Gasteiger partial charge in [-0.15, -0.1) is 0 Å². The minimum Gasteiger partial charge on any atom is -0.346 e. The minimum atomic E-state index is -3.55. The van der Waals surface area contributed by atoms with Gasteiger partial charge in [-0.05, 0) is 55.3 Å². The molecule has 0 radical (unpaired) electrons. The summed E-state index contributed by atoms with van der Waals surface area (Å²) >= 11 is 6.21. The summed E-state index contributed by atoms with van der Waals surface area (Å²) < 4.78 is 26.1. The van der Waals surface area contributed by atoms with E-state index < -0.39 is 10.0 Å². The number of sulfonamides is 1. The summed E-state index contributed by atoms with van der Waals surface area (Å²) in [5.74, 6) is -0.225. The molecule has 0 aliphatic rings. The fourth-order valence-electron chi connectivity index (χ4n) is 3.18. The normalized spacial score (nSPS) is 12.3. The first-order valence-electron chi connectivity index (χ1n) is 9.84. The Bertz CT molecular complexity index is 1160. The van der Waals surface area contributed by atoms with Crippen molar-refractivity contribution in [1.29, 1.82) is 0 Å². The Morgan fingerprint density at radius 3 is 2.19 bits per heavy atom. The Balaban J connectivity index is 1.77. The first-order valence-corrected chi connectivity index (χ1v) is 12.1. The SMILES string of the molecule is Cc1ccc([C@@H](C)NC(=O)c2ccc(N(Cc3ccccc3Cl)S(C)(=O)=O)cc2)cc1. The van der Waals surface area contributed by atoms with Crippen LogP contribution in [0.1, 0.15) is 40.0 Å². The third kappa shape index (κ3) is 5.87. The van der Waals surface area contributed by atoms with Gasteiger partial charge in [-0.1, -0.05) is 59.6 Å². The Hall–Kier alpha value is -2.83. The lowest BCUT2D eigenvalue weighted by Gasteiger charge is -2.23. The molecule has 0 heterocycles. The average molecular weight is 457 g/mol. The molecule has 3 aromatic carbocycles. The number of carbonyl (C=O) groups excluding carboxylic acids is 1. The van der Waals surface area contributed by atoms with Gasteiger partial charge >= 0.3 is 0 Å². The highest BCUT2D eigenvalue weighted by Crippen LogP contribution is 2.25. The largest absolute Gasteiger partial charge is 0.346 e. The molecular formula is C24H25ClN2O3S. The van der Waals surface area contributed by atoms with E-state index >= 15 is 0 Å². The van der Waals surface area contributed by atoms with Gasteiger partial charge in [0.2, 0.25) is 10.0 Å². The number of halogens is 1. The van der Waals surface area contributed by atoms with E-state index in [1.54, 1.807) is 42.5 Å². The maximum Gasteiger partial charge on any atom is 0.251 e. The molecule has 0 aliphatic carbocycles. The van der Waals surface area contributed by atoms with E-state index in [0.717, 1.165) is 17.4 Å². The van der Waals surface area contributed by atoms with Gasteiger partial charge in [-0.2, -0.15) is 0 Å². The number of aryl methyl sites for hydroxylation is 1. The van der Waals surface area contributed by atoms with Gasteiger partial charge in [0.05, 0.1) is 24.5 Å². The quantitative estimate of drug-likeness (QED) is 0.537. The van der Waals surface area contributed by atoms with Gasteiger partial charge in [0.15, 0.2) is 0 Å². The lowest BCUT2D eigenvalue weighted by atomic mass is 10.1. The average Bonchev–Trinajstić information content (AvgIpc) is 2.73. The van der Waals surface area contributed by atoms with Crippen LogP contribution in [0.15, 0.2) is 72.8 Å². The Kier molecular flexibility index (Phi) is 7.03. The summed E-state index contributed by atoms with van der Waals surface area (Å²) in [6.07, 6.45) is 1.15. The number of hydrogen-bond donors (Lipinski definition) is 1. The summed E-state index contributed by atoms with van der Waals surface area (Å²) in [5.41, 5.74) is 3.78. The second-order valence-corrected chi connectivity index (χ2v) is 9.83. The number of carbonyl (C=O) groups is 1. The molecule has 1 atom stereocenters. The number of benzene rings is 3. The first-order chi connectivity index (χ1) is 14.6. The van der Waals surface area contributed by atoms with Crippen molar-refractivity contribution < 1.29 is 13.2 Å². The molecule has 1 N–H and O–H groups in total. The van der Waals surface area contributed by atoms with Gasteiger partial charge < -0.3 is 5.32 Å². The lowest BCUT2D eigenvalue weighted by molar-refractivity contribution is 0.0940. The van der Waals surface area contributed by atoms with Crippen molar-refractivity contribution in [3.8, 4) is 0 Å². The molecule has 0 bridgehead atoms. The summed E-state index contributed by atoms with van der Waals surface area (Å²) in [4.78, 5) is 12.6. The van der Waals surface area contributed by atoms with Crippen molar-refractivity contribution in [2.75, 3.05) is 10.6 Å². The van der Waals surface area contributed by atoms with Crippen LogP contribution in [0, 0.1) is 6.92 Å². The second-order valence-electron chi connectivity index (χ2n) is 7.51. The fraction of sp³-hybridized carbons (Fsp3) is 0.208. The number of rotatable bonds is 7. The van der Waals surface area contributed by atoms with Crippen LogP contribution in [0.2, 0.25) is 5.02 Å². The molecule has 0 fully saturated rings. The summed E-state index contributed by atoms with van der Waals surface area (Å²) in [6, 6.07) is 21.4. The molecule has 0 aromatic heterocycles. The van der Waals surface area contributed by atoms with E-state index in [9.17, 15) is 13.2 Å². The predicted molar refractivity (Wildman–Crippen MR) is 126 cm³/mol. The Morgan fingerprint density at radius 2 is 1.61 bits per heavy atom. The smallest absolute Gasteiger partial charge is 0.251 e. The van der Waals surface area contributed by atoms with Crippen molar-refractivity contribution in [2.45, 2.75) is 26.4 Å². The maximum absolute atomic E-state index is 12.6. The molecule has 162 valence electrons. The minimum absolute atomic E-state index is 0.106. The van der Waals surface area contributed by atoms with Crippen LogP contribution in [0.3, 0.4) is 0 Å². The van der Waals surface area contributed by atoms with Crippen molar-refractivity contribution in [3.63, 3.8) is 0 Å². The van der Waals surface area contributed by atoms with Crippen LogP contribution in [0.25, 0.3) is 0 Å². The highest BCUT2D eigenvalue weighted by molar-refractivity contribution is 7.92. The zero-order valence-corrected chi connectivity index (χ0v) is 19.2. The van der Waals surface area contributed by atoms with Crippen LogP contribution in [0.5, 0.6) is 0 Å². The predicted octanol–water partition coefficient (Wildman–Crippen LogP) is 5.11. The van der Waals surface area contributed by atoms with Crippen molar-refractivity contribution >= 4 is 33.2 Å². The number of hydrogen-bond acceptors (Lipinski definition) is 3. The van der Waals surface area contributed by atoms with E-state index in [4.69, 9.17) is 11.6 Å². The molecule has 0 aliphatic heterocycles. The van der Waals surface area contributed by atoms with Crippen molar-refractivity contribution in [1.82, 2.24) is 5.32 Å². The first kappa shape index (κ1) is 22.8. The molecule has 7 heteroatoms. The van der Waals surface area contributed by atoms with Crippen LogP contribution in [-0.4, -0.2) is 20.6 Å². The lowest BCUT2D eigenvalue weighted by Crippen LogP contribution is -2.30. The van der Waals surface area contributed by atoms with E-state index in [2.05, 4.69) is 5.32 Å². The second kappa shape index (κ2) is 9.54. The van der Waals surface area contributed by atoms with Crippen molar-refractivity contribution in [2.24, 2.45) is 0 Å². The van der Waals surface area contributed by atoms with Gasteiger partial charge in [0.1, 0.15) is 0 Å². The summed E-state index contributed by atoms with van der Waals surface area (Å²) in [6.45, 7) is 4.04. The molecule has 31 heavy (non-hydrogen) atoms. The third-order valence-corrected chi connectivity index (χ3v) is 6.52. The van der Waals surface area contributed by atoms with E-state index in [1.807, 2.05) is 44.2 Å². The topological polar surface area (TPSA) is 66.5 Å². The van der Waals surface area contributed by atoms with Gasteiger partial charge in [0.25, 0.3) is 5.91 Å². The highest BCUT2D eigenvalue weighted by atomic mass is 35.5. The zero-order valence-electron chi connectivity index (χ0n) is 17.7. The maximum atomic E-state index is 12.6.